The first kappa shape index (κ1) is 11.9. The highest BCUT2D eigenvalue weighted by Gasteiger charge is 2.17. The fraction of sp³-hybridized carbons (Fsp3) is 0.733. The molecule has 1 fully saturated rings. The van der Waals surface area contributed by atoms with E-state index in [1.807, 2.05) is 0 Å². The van der Waals surface area contributed by atoms with Gasteiger partial charge in [-0.3, -0.25) is 4.90 Å². The molecule has 1 nitrogen and oxygen atoms in total. The van der Waals surface area contributed by atoms with Crippen LogP contribution in [0.15, 0.2) is 23.8 Å². The molecule has 1 aliphatic carbocycles. The Kier molecular flexibility index (Phi) is 4.65. The summed E-state index contributed by atoms with van der Waals surface area (Å²) < 4.78 is 0. The van der Waals surface area contributed by atoms with Crippen LogP contribution in [0.1, 0.15) is 45.4 Å². The average Bonchev–Trinajstić information content (AvgIpc) is 2.59. The van der Waals surface area contributed by atoms with Gasteiger partial charge in [-0.1, -0.05) is 31.6 Å². The second-order valence-electron chi connectivity index (χ2n) is 5.24. The number of hydrogen-bond donors (Lipinski definition) is 0. The smallest absolute Gasteiger partial charge is 0.0230 e. The molecule has 1 aliphatic heterocycles. The van der Waals surface area contributed by atoms with Crippen molar-refractivity contribution in [1.82, 2.24) is 4.90 Å². The molecule has 0 aromatic rings. The summed E-state index contributed by atoms with van der Waals surface area (Å²) in [6, 6.07) is 0. The van der Waals surface area contributed by atoms with E-state index in [9.17, 15) is 0 Å². The minimum atomic E-state index is 0.995. The third-order valence-electron chi connectivity index (χ3n) is 4.00. The van der Waals surface area contributed by atoms with Gasteiger partial charge in [-0.2, -0.15) is 0 Å². The second-order valence-corrected chi connectivity index (χ2v) is 5.24. The van der Waals surface area contributed by atoms with Crippen molar-refractivity contribution in [3.8, 4) is 0 Å². The van der Waals surface area contributed by atoms with Crippen LogP contribution in [0.2, 0.25) is 0 Å². The maximum Gasteiger partial charge on any atom is 0.0230 e. The van der Waals surface area contributed by atoms with Gasteiger partial charge in [0.25, 0.3) is 0 Å². The fourth-order valence-electron chi connectivity index (χ4n) is 2.75. The molecule has 0 amide bonds. The summed E-state index contributed by atoms with van der Waals surface area (Å²) in [5, 5.41) is 0. The second kappa shape index (κ2) is 6.24. The van der Waals surface area contributed by atoms with Crippen LogP contribution in [-0.4, -0.2) is 24.5 Å². The maximum atomic E-state index is 2.63. The molecular weight excluding hydrogens is 194 g/mol. The van der Waals surface area contributed by atoms with Crippen molar-refractivity contribution in [1.29, 1.82) is 0 Å². The topological polar surface area (TPSA) is 3.24 Å². The van der Waals surface area contributed by atoms with Crippen molar-refractivity contribution in [2.45, 2.75) is 45.4 Å². The summed E-state index contributed by atoms with van der Waals surface area (Å²) in [6.07, 6.45) is 15.2. The third-order valence-corrected chi connectivity index (χ3v) is 4.00. The van der Waals surface area contributed by atoms with Crippen LogP contribution in [0, 0.1) is 5.92 Å². The Balaban J connectivity index is 1.79. The zero-order chi connectivity index (χ0) is 11.2. The molecule has 0 radical (unpaired) electrons. The Morgan fingerprint density at radius 1 is 1.25 bits per heavy atom. The predicted octanol–water partition coefficient (Wildman–Crippen LogP) is 3.77. The Morgan fingerprint density at radius 2 is 2.06 bits per heavy atom. The van der Waals surface area contributed by atoms with E-state index in [0.717, 1.165) is 5.92 Å². The van der Waals surface area contributed by atoms with Gasteiger partial charge in [-0.15, -0.1) is 0 Å². The Labute approximate surface area is 100 Å². The number of hydrogen-bond acceptors (Lipinski definition) is 1. The summed E-state index contributed by atoms with van der Waals surface area (Å²) in [5.74, 6) is 0.995. The fourth-order valence-corrected chi connectivity index (χ4v) is 2.75. The van der Waals surface area contributed by atoms with Crippen LogP contribution < -0.4 is 0 Å². The van der Waals surface area contributed by atoms with Crippen molar-refractivity contribution < 1.29 is 0 Å². The van der Waals surface area contributed by atoms with Crippen LogP contribution in [0.4, 0.5) is 0 Å². The lowest BCUT2D eigenvalue weighted by atomic mass is 9.94. The van der Waals surface area contributed by atoms with Crippen molar-refractivity contribution in [3.63, 3.8) is 0 Å². The zero-order valence-corrected chi connectivity index (χ0v) is 10.6. The minimum Gasteiger partial charge on any atom is -0.299 e. The standard InChI is InChI=1S/C15H25N/c1-2-14-9-11-16(12-10-14)13-15-7-5-3-4-6-8-15/h5,7-8,14H,2-4,6,9-13H2,1H3. The first-order valence-electron chi connectivity index (χ1n) is 6.96. The van der Waals surface area contributed by atoms with Gasteiger partial charge in [0.15, 0.2) is 0 Å². The molecular formula is C15H25N. The summed E-state index contributed by atoms with van der Waals surface area (Å²) in [6.45, 7) is 6.14. The molecule has 0 saturated carbocycles. The SMILES string of the molecule is CCC1CCN(CC2=CCCCC=C2)CC1. The van der Waals surface area contributed by atoms with E-state index in [2.05, 4.69) is 30.1 Å². The lowest BCUT2D eigenvalue weighted by Gasteiger charge is -2.31. The van der Waals surface area contributed by atoms with Crippen LogP contribution in [0.3, 0.4) is 0 Å². The average molecular weight is 219 g/mol. The Bertz CT molecular complexity index is 257. The molecule has 2 aliphatic rings. The number of likely N-dealkylation sites (tertiary alicyclic amines) is 1. The first-order chi connectivity index (χ1) is 7.88. The molecule has 0 N–H and O–H groups in total. The van der Waals surface area contributed by atoms with E-state index in [-0.39, 0.29) is 0 Å². The highest BCUT2D eigenvalue weighted by Crippen LogP contribution is 2.21. The number of rotatable bonds is 3. The monoisotopic (exact) mass is 219 g/mol. The molecule has 2 rings (SSSR count). The normalized spacial score (nSPS) is 24.2. The summed E-state index contributed by atoms with van der Waals surface area (Å²) in [5.41, 5.74) is 1.55. The van der Waals surface area contributed by atoms with Crippen molar-refractivity contribution in [3.05, 3.63) is 23.8 Å². The van der Waals surface area contributed by atoms with E-state index in [1.165, 1.54) is 58.2 Å². The molecule has 0 aromatic heterocycles. The lowest BCUT2D eigenvalue weighted by Crippen LogP contribution is -2.34. The molecule has 0 atom stereocenters. The molecule has 90 valence electrons. The summed E-state index contributed by atoms with van der Waals surface area (Å²) >= 11 is 0. The minimum absolute atomic E-state index is 0.995. The van der Waals surface area contributed by atoms with Crippen LogP contribution in [-0.2, 0) is 0 Å². The van der Waals surface area contributed by atoms with Gasteiger partial charge in [0.2, 0.25) is 0 Å². The van der Waals surface area contributed by atoms with Gasteiger partial charge >= 0.3 is 0 Å². The van der Waals surface area contributed by atoms with E-state index >= 15 is 0 Å². The Morgan fingerprint density at radius 3 is 2.81 bits per heavy atom. The van der Waals surface area contributed by atoms with E-state index in [4.69, 9.17) is 0 Å². The first-order valence-corrected chi connectivity index (χ1v) is 6.96. The number of piperidine rings is 1. The molecule has 1 saturated heterocycles. The third kappa shape index (κ3) is 3.48. The van der Waals surface area contributed by atoms with Crippen molar-refractivity contribution in [2.24, 2.45) is 5.92 Å². The van der Waals surface area contributed by atoms with Gasteiger partial charge < -0.3 is 0 Å². The van der Waals surface area contributed by atoms with Gasteiger partial charge in [-0.25, -0.2) is 0 Å². The van der Waals surface area contributed by atoms with Crippen LogP contribution in [0.25, 0.3) is 0 Å². The maximum absolute atomic E-state index is 2.63. The molecule has 16 heavy (non-hydrogen) atoms. The van der Waals surface area contributed by atoms with Gasteiger partial charge in [0.1, 0.15) is 0 Å². The highest BCUT2D eigenvalue weighted by atomic mass is 15.1. The van der Waals surface area contributed by atoms with Gasteiger partial charge in [0.05, 0.1) is 0 Å². The Hall–Kier alpha value is -0.560. The highest BCUT2D eigenvalue weighted by molar-refractivity contribution is 5.21. The zero-order valence-electron chi connectivity index (χ0n) is 10.6. The van der Waals surface area contributed by atoms with E-state index in [1.54, 1.807) is 5.57 Å². The molecule has 1 heteroatoms. The molecule has 0 unspecified atom stereocenters. The molecule has 0 aromatic carbocycles. The predicted molar refractivity (Wildman–Crippen MR) is 70.5 cm³/mol. The van der Waals surface area contributed by atoms with Gasteiger partial charge in [0, 0.05) is 6.54 Å². The quantitative estimate of drug-likeness (QED) is 0.698. The number of nitrogens with zero attached hydrogens (tertiary/aromatic N) is 1. The lowest BCUT2D eigenvalue weighted by molar-refractivity contribution is 0.195. The molecule has 1 heterocycles. The molecule has 0 bridgehead atoms. The van der Waals surface area contributed by atoms with E-state index < -0.39 is 0 Å². The van der Waals surface area contributed by atoms with Crippen LogP contribution in [0.5, 0.6) is 0 Å². The van der Waals surface area contributed by atoms with Crippen LogP contribution >= 0.6 is 0 Å². The van der Waals surface area contributed by atoms with Gasteiger partial charge in [-0.05, 0) is 56.7 Å². The van der Waals surface area contributed by atoms with E-state index in [0.29, 0.717) is 0 Å². The molecule has 0 spiro atoms. The van der Waals surface area contributed by atoms with Crippen molar-refractivity contribution >= 4 is 0 Å². The van der Waals surface area contributed by atoms with Crippen molar-refractivity contribution in [2.75, 3.05) is 19.6 Å². The number of allylic oxidation sites excluding steroid dienone is 2. The summed E-state index contributed by atoms with van der Waals surface area (Å²) in [4.78, 5) is 2.63. The largest absolute Gasteiger partial charge is 0.299 e. The summed E-state index contributed by atoms with van der Waals surface area (Å²) in [7, 11) is 0.